The van der Waals surface area contributed by atoms with Crippen molar-refractivity contribution in [3.8, 4) is 0 Å². The number of nitrogens with zero attached hydrogens (tertiary/aromatic N) is 3. The molecule has 0 saturated carbocycles. The van der Waals surface area contributed by atoms with Crippen molar-refractivity contribution in [3.63, 3.8) is 0 Å². The van der Waals surface area contributed by atoms with Gasteiger partial charge in [0.1, 0.15) is 11.6 Å². The highest BCUT2D eigenvalue weighted by Gasteiger charge is 2.46. The minimum atomic E-state index is -0.991. The molecule has 6 nitrogen and oxygen atoms in total. The standard InChI is InChI=1S/C23H20FN3O3/c24-18-10-5-4-9-17(18)20-19(21(28)16-7-2-1-3-8-16)22(29)23(30)27(20)13-6-12-26-14-11-25-15-26/h1-5,7-11,14-15,20,28H,6,12-13H2/b21-19-. The predicted molar refractivity (Wildman–Crippen MR) is 109 cm³/mol. The van der Waals surface area contributed by atoms with E-state index in [1.165, 1.54) is 17.0 Å². The molecule has 4 rings (SSSR count). The average Bonchev–Trinajstić information content (AvgIpc) is 3.37. The van der Waals surface area contributed by atoms with Gasteiger partial charge in [-0.05, 0) is 12.5 Å². The van der Waals surface area contributed by atoms with E-state index in [2.05, 4.69) is 4.98 Å². The molecule has 0 aliphatic carbocycles. The molecule has 7 heteroatoms. The number of hydrogen-bond acceptors (Lipinski definition) is 4. The summed E-state index contributed by atoms with van der Waals surface area (Å²) in [4.78, 5) is 31.0. The summed E-state index contributed by atoms with van der Waals surface area (Å²) in [6.07, 6.45) is 5.67. The Kier molecular flexibility index (Phi) is 5.43. The predicted octanol–water partition coefficient (Wildman–Crippen LogP) is 3.53. The van der Waals surface area contributed by atoms with E-state index >= 15 is 0 Å². The smallest absolute Gasteiger partial charge is 0.295 e. The number of carbonyl (C=O) groups is 2. The van der Waals surface area contributed by atoms with Crippen LogP contribution in [-0.4, -0.2) is 37.8 Å². The summed E-state index contributed by atoms with van der Waals surface area (Å²) in [5.74, 6) is -2.40. The van der Waals surface area contributed by atoms with E-state index in [1.54, 1.807) is 61.2 Å². The highest BCUT2D eigenvalue weighted by Crippen LogP contribution is 2.40. The first-order valence-corrected chi connectivity index (χ1v) is 9.62. The lowest BCUT2D eigenvalue weighted by Gasteiger charge is -2.25. The van der Waals surface area contributed by atoms with Gasteiger partial charge in [0.05, 0.1) is 17.9 Å². The number of hydrogen-bond donors (Lipinski definition) is 1. The number of aliphatic hydroxyl groups excluding tert-OH is 1. The quantitative estimate of drug-likeness (QED) is 0.387. The molecule has 30 heavy (non-hydrogen) atoms. The third kappa shape index (κ3) is 3.61. The third-order valence-corrected chi connectivity index (χ3v) is 5.16. The number of halogens is 1. The lowest BCUT2D eigenvalue weighted by atomic mass is 9.95. The average molecular weight is 405 g/mol. The van der Waals surface area contributed by atoms with Gasteiger partial charge < -0.3 is 14.6 Å². The minimum absolute atomic E-state index is 0.0982. The Morgan fingerprint density at radius 1 is 1.03 bits per heavy atom. The van der Waals surface area contributed by atoms with Crippen LogP contribution in [0.25, 0.3) is 5.76 Å². The SMILES string of the molecule is O=C1C(=O)N(CCCn2ccnc2)C(c2ccccc2F)/C1=C(/O)c1ccccc1. The second kappa shape index (κ2) is 8.32. The van der Waals surface area contributed by atoms with Gasteiger partial charge in [0.15, 0.2) is 0 Å². The van der Waals surface area contributed by atoms with Crippen molar-refractivity contribution in [3.05, 3.63) is 95.8 Å². The molecule has 1 amide bonds. The molecule has 1 atom stereocenters. The normalized spacial score (nSPS) is 18.2. The van der Waals surface area contributed by atoms with Crippen molar-refractivity contribution in [2.45, 2.75) is 19.0 Å². The van der Waals surface area contributed by atoms with E-state index in [1.807, 2.05) is 4.57 Å². The van der Waals surface area contributed by atoms with Gasteiger partial charge in [-0.1, -0.05) is 48.5 Å². The number of ketones is 1. The fourth-order valence-corrected chi connectivity index (χ4v) is 3.72. The van der Waals surface area contributed by atoms with Crippen LogP contribution < -0.4 is 0 Å². The zero-order valence-corrected chi connectivity index (χ0v) is 16.1. The molecule has 2 aromatic carbocycles. The summed E-state index contributed by atoms with van der Waals surface area (Å²) in [6.45, 7) is 0.818. The zero-order chi connectivity index (χ0) is 21.1. The van der Waals surface area contributed by atoms with Crippen LogP contribution >= 0.6 is 0 Å². The van der Waals surface area contributed by atoms with Crippen molar-refractivity contribution >= 4 is 17.4 Å². The molecule has 1 fully saturated rings. The molecule has 1 saturated heterocycles. The second-order valence-electron chi connectivity index (χ2n) is 7.03. The molecule has 1 aliphatic heterocycles. The number of rotatable bonds is 6. The van der Waals surface area contributed by atoms with E-state index in [4.69, 9.17) is 0 Å². The molecule has 1 N–H and O–H groups in total. The number of amides is 1. The van der Waals surface area contributed by atoms with E-state index in [-0.39, 0.29) is 23.4 Å². The molecular weight excluding hydrogens is 385 g/mol. The van der Waals surface area contributed by atoms with Gasteiger partial charge in [-0.2, -0.15) is 0 Å². The molecule has 152 valence electrons. The van der Waals surface area contributed by atoms with Gasteiger partial charge in [-0.15, -0.1) is 0 Å². The van der Waals surface area contributed by atoms with Gasteiger partial charge >= 0.3 is 0 Å². The first-order valence-electron chi connectivity index (χ1n) is 9.62. The number of benzene rings is 2. The van der Waals surface area contributed by atoms with Crippen LogP contribution in [0.1, 0.15) is 23.6 Å². The van der Waals surface area contributed by atoms with E-state index in [0.717, 1.165) is 0 Å². The van der Waals surface area contributed by atoms with Crippen LogP contribution in [-0.2, 0) is 16.1 Å². The van der Waals surface area contributed by atoms with Crippen molar-refractivity contribution in [1.82, 2.24) is 14.5 Å². The molecule has 1 aromatic heterocycles. The molecule has 0 spiro atoms. The first kappa shape index (κ1) is 19.6. The Bertz CT molecular complexity index is 1090. The molecule has 1 unspecified atom stereocenters. The Labute approximate surface area is 172 Å². The van der Waals surface area contributed by atoms with Crippen LogP contribution in [0.4, 0.5) is 4.39 Å². The second-order valence-corrected chi connectivity index (χ2v) is 7.03. The van der Waals surface area contributed by atoms with Crippen LogP contribution in [0.5, 0.6) is 0 Å². The van der Waals surface area contributed by atoms with Crippen LogP contribution in [0.2, 0.25) is 0 Å². The van der Waals surface area contributed by atoms with Gasteiger partial charge in [-0.25, -0.2) is 9.37 Å². The molecule has 0 radical (unpaired) electrons. The van der Waals surface area contributed by atoms with Crippen LogP contribution in [0, 0.1) is 5.82 Å². The molecule has 1 aliphatic rings. The fourth-order valence-electron chi connectivity index (χ4n) is 3.72. The van der Waals surface area contributed by atoms with Gasteiger partial charge in [-0.3, -0.25) is 9.59 Å². The first-order chi connectivity index (χ1) is 14.6. The van der Waals surface area contributed by atoms with Gasteiger partial charge in [0.2, 0.25) is 0 Å². The third-order valence-electron chi connectivity index (χ3n) is 5.16. The number of imidazole rings is 1. The van der Waals surface area contributed by atoms with Crippen molar-refractivity contribution in [2.75, 3.05) is 6.54 Å². The molecule has 2 heterocycles. The van der Waals surface area contributed by atoms with E-state index in [0.29, 0.717) is 18.5 Å². The maximum Gasteiger partial charge on any atom is 0.295 e. The lowest BCUT2D eigenvalue weighted by Crippen LogP contribution is -2.31. The maximum atomic E-state index is 14.7. The molecule has 3 aromatic rings. The van der Waals surface area contributed by atoms with Crippen molar-refractivity contribution in [2.24, 2.45) is 0 Å². The zero-order valence-electron chi connectivity index (χ0n) is 16.1. The summed E-state index contributed by atoms with van der Waals surface area (Å²) in [7, 11) is 0. The number of likely N-dealkylation sites (tertiary alicyclic amines) is 1. The Morgan fingerprint density at radius 3 is 2.47 bits per heavy atom. The number of aryl methyl sites for hydroxylation is 1. The van der Waals surface area contributed by atoms with Crippen molar-refractivity contribution in [1.29, 1.82) is 0 Å². The topological polar surface area (TPSA) is 75.4 Å². The summed E-state index contributed by atoms with van der Waals surface area (Å²) in [5, 5.41) is 10.9. The van der Waals surface area contributed by atoms with Crippen LogP contribution in [0.15, 0.2) is 78.9 Å². The van der Waals surface area contributed by atoms with Crippen molar-refractivity contribution < 1.29 is 19.1 Å². The van der Waals surface area contributed by atoms with E-state index in [9.17, 15) is 19.1 Å². The highest BCUT2D eigenvalue weighted by molar-refractivity contribution is 6.46. The monoisotopic (exact) mass is 405 g/mol. The maximum absolute atomic E-state index is 14.7. The minimum Gasteiger partial charge on any atom is -0.507 e. The van der Waals surface area contributed by atoms with Crippen LogP contribution in [0.3, 0.4) is 0 Å². The number of aromatic nitrogens is 2. The number of carbonyl (C=O) groups excluding carboxylic acids is 2. The molecule has 0 bridgehead atoms. The summed E-state index contributed by atoms with van der Waals surface area (Å²) < 4.78 is 16.5. The van der Waals surface area contributed by atoms with E-state index < -0.39 is 23.5 Å². The Hall–Kier alpha value is -3.74. The van der Waals surface area contributed by atoms with Gasteiger partial charge in [0, 0.05) is 36.6 Å². The summed E-state index contributed by atoms with van der Waals surface area (Å²) in [5.41, 5.74) is 0.478. The van der Waals surface area contributed by atoms with Gasteiger partial charge in [0.25, 0.3) is 11.7 Å². The largest absolute Gasteiger partial charge is 0.507 e. The Morgan fingerprint density at radius 2 is 1.77 bits per heavy atom. The number of Topliss-reactive ketones (excluding diaryl/α,β-unsaturated/α-hetero) is 1. The summed E-state index contributed by atoms with van der Waals surface area (Å²) in [6, 6.07) is 13.5. The number of aliphatic hydroxyl groups is 1. The summed E-state index contributed by atoms with van der Waals surface area (Å²) >= 11 is 0. The Balaban J connectivity index is 1.74. The fraction of sp³-hybridized carbons (Fsp3) is 0.174. The molecular formula is C23H20FN3O3. The highest BCUT2D eigenvalue weighted by atomic mass is 19.1. The lowest BCUT2D eigenvalue weighted by molar-refractivity contribution is -0.140.